The number of aromatic nitrogens is 2. The van der Waals surface area contributed by atoms with Crippen molar-refractivity contribution in [3.05, 3.63) is 115 Å². The van der Waals surface area contributed by atoms with Crippen molar-refractivity contribution < 1.29 is 23.8 Å². The number of allylic oxidation sites excluding steroid dienone is 1. The van der Waals surface area contributed by atoms with Gasteiger partial charge >= 0.3 is 17.6 Å². The highest BCUT2D eigenvalue weighted by atomic mass is 35.5. The fraction of sp³-hybridized carbons (Fsp3) is 0.231. The van der Waals surface area contributed by atoms with Crippen LogP contribution in [0.2, 0.25) is 10.0 Å². The van der Waals surface area contributed by atoms with Gasteiger partial charge in [0.15, 0.2) is 0 Å². The molecule has 0 aliphatic carbocycles. The minimum absolute atomic E-state index is 0.0714. The number of nitrogens with zero attached hydrogens (tertiary/aromatic N) is 1. The maximum Gasteiger partial charge on any atom is 0.338 e. The minimum Gasteiger partial charge on any atom is -0.459 e. The molecule has 1 aliphatic rings. The number of esters is 2. The van der Waals surface area contributed by atoms with Crippen LogP contribution in [0.5, 0.6) is 0 Å². The number of hydrogen-bond acceptors (Lipinski definition) is 7. The van der Waals surface area contributed by atoms with E-state index in [1.54, 1.807) is 24.3 Å². The highest BCUT2D eigenvalue weighted by Crippen LogP contribution is 2.31. The number of halogens is 2. The lowest BCUT2D eigenvalue weighted by molar-refractivity contribution is -0.0582. The summed E-state index contributed by atoms with van der Waals surface area (Å²) in [5.74, 6) is -1.26. The zero-order valence-corrected chi connectivity index (χ0v) is 20.9. The lowest BCUT2D eigenvalue weighted by Gasteiger charge is -2.19. The van der Waals surface area contributed by atoms with Gasteiger partial charge in [0, 0.05) is 28.2 Å². The van der Waals surface area contributed by atoms with Crippen molar-refractivity contribution >= 4 is 35.1 Å². The van der Waals surface area contributed by atoms with Gasteiger partial charge in [-0.2, -0.15) is 0 Å². The van der Waals surface area contributed by atoms with Crippen LogP contribution in [0.3, 0.4) is 0 Å². The molecular weight excluding hydrogens is 523 g/mol. The van der Waals surface area contributed by atoms with Crippen LogP contribution in [-0.4, -0.2) is 40.3 Å². The fourth-order valence-electron chi connectivity index (χ4n) is 3.81. The summed E-state index contributed by atoms with van der Waals surface area (Å²) in [7, 11) is 0. The Morgan fingerprint density at radius 1 is 1.03 bits per heavy atom. The summed E-state index contributed by atoms with van der Waals surface area (Å²) in [5, 5.41) is 0.926. The molecular formula is C26H22Cl2N2O7. The molecule has 2 aromatic carbocycles. The summed E-state index contributed by atoms with van der Waals surface area (Å²) in [6.45, 7) is 3.36. The molecule has 0 bridgehead atoms. The normalized spacial score (nSPS) is 18.8. The van der Waals surface area contributed by atoms with Gasteiger partial charge in [-0.25, -0.2) is 14.4 Å². The number of benzene rings is 2. The maximum absolute atomic E-state index is 12.8. The van der Waals surface area contributed by atoms with Crippen LogP contribution in [0.4, 0.5) is 0 Å². The Bertz CT molecular complexity index is 1410. The van der Waals surface area contributed by atoms with Crippen LogP contribution in [0.25, 0.3) is 0 Å². The molecule has 0 unspecified atom stereocenters. The van der Waals surface area contributed by atoms with Crippen molar-refractivity contribution in [3.63, 3.8) is 0 Å². The molecule has 2 heterocycles. The topological polar surface area (TPSA) is 117 Å². The molecule has 0 radical (unpaired) electrons. The number of carbonyl (C=O) groups excluding carboxylic acids is 2. The third-order valence-electron chi connectivity index (χ3n) is 5.69. The molecule has 0 amide bonds. The second kappa shape index (κ2) is 11.6. The molecule has 4 rings (SSSR count). The number of rotatable bonds is 8. The molecule has 1 aromatic heterocycles. The monoisotopic (exact) mass is 544 g/mol. The SMILES string of the molecule is C=CCc1cn([C@H]2C[C@H](OC(=O)c3ccc(Cl)cc3)[C@H](COC(=O)c3ccc(Cl)cc3)O2)c(=O)[nH]c1=O. The number of nitrogens with one attached hydrogen (secondary N) is 1. The van der Waals surface area contributed by atoms with E-state index in [9.17, 15) is 19.2 Å². The third kappa shape index (κ3) is 6.37. The van der Waals surface area contributed by atoms with Crippen molar-refractivity contribution in [3.8, 4) is 0 Å². The van der Waals surface area contributed by atoms with E-state index in [2.05, 4.69) is 11.6 Å². The highest BCUT2D eigenvalue weighted by Gasteiger charge is 2.40. The molecule has 3 aromatic rings. The van der Waals surface area contributed by atoms with Crippen molar-refractivity contribution in [1.29, 1.82) is 0 Å². The predicted molar refractivity (Wildman–Crippen MR) is 136 cm³/mol. The Balaban J connectivity index is 1.55. The van der Waals surface area contributed by atoms with Gasteiger partial charge in [0.05, 0.1) is 11.1 Å². The van der Waals surface area contributed by atoms with Gasteiger partial charge in [0.2, 0.25) is 0 Å². The number of carbonyl (C=O) groups is 2. The van der Waals surface area contributed by atoms with Crippen molar-refractivity contribution in [2.24, 2.45) is 0 Å². The van der Waals surface area contributed by atoms with Crippen molar-refractivity contribution in [1.82, 2.24) is 9.55 Å². The number of ether oxygens (including phenoxy) is 3. The van der Waals surface area contributed by atoms with Crippen LogP contribution in [0, 0.1) is 0 Å². The van der Waals surface area contributed by atoms with Crippen molar-refractivity contribution in [2.75, 3.05) is 6.61 Å². The third-order valence-corrected chi connectivity index (χ3v) is 6.20. The molecule has 9 nitrogen and oxygen atoms in total. The quantitative estimate of drug-likeness (QED) is 0.337. The Labute approximate surface area is 221 Å². The van der Waals surface area contributed by atoms with Gasteiger partial charge in [0.25, 0.3) is 5.56 Å². The molecule has 0 spiro atoms. The minimum atomic E-state index is -0.893. The molecule has 0 saturated carbocycles. The molecule has 1 N–H and O–H groups in total. The van der Waals surface area contributed by atoms with E-state index >= 15 is 0 Å². The number of H-pyrrole nitrogens is 1. The molecule has 1 saturated heterocycles. The first-order valence-corrected chi connectivity index (χ1v) is 12.0. The van der Waals surface area contributed by atoms with Crippen LogP contribution < -0.4 is 11.2 Å². The summed E-state index contributed by atoms with van der Waals surface area (Å²) >= 11 is 11.8. The largest absolute Gasteiger partial charge is 0.459 e. The maximum atomic E-state index is 12.8. The van der Waals surface area contributed by atoms with Gasteiger partial charge in [-0.15, -0.1) is 6.58 Å². The Morgan fingerprint density at radius 2 is 1.62 bits per heavy atom. The fourth-order valence-corrected chi connectivity index (χ4v) is 4.06. The second-order valence-electron chi connectivity index (χ2n) is 8.23. The first kappa shape index (κ1) is 26.4. The average Bonchev–Trinajstić information content (AvgIpc) is 3.27. The number of aromatic amines is 1. The van der Waals surface area contributed by atoms with Gasteiger partial charge in [-0.05, 0) is 55.0 Å². The van der Waals surface area contributed by atoms with E-state index in [0.717, 1.165) is 0 Å². The number of hydrogen-bond donors (Lipinski definition) is 1. The molecule has 3 atom stereocenters. The van der Waals surface area contributed by atoms with Gasteiger partial charge < -0.3 is 14.2 Å². The van der Waals surface area contributed by atoms with Crippen LogP contribution in [-0.2, 0) is 20.6 Å². The Morgan fingerprint density at radius 3 is 2.22 bits per heavy atom. The van der Waals surface area contributed by atoms with E-state index in [1.165, 1.54) is 41.1 Å². The van der Waals surface area contributed by atoms with E-state index in [-0.39, 0.29) is 30.6 Å². The standard InChI is InChI=1S/C26H22Cl2N2O7/c1-2-3-17-13-30(26(34)29-23(17)31)22-12-20(37-25(33)16-6-10-19(28)11-7-16)21(36-22)14-35-24(32)15-4-8-18(27)9-5-15/h2,4-11,13,20-22H,1,3,12,14H2,(H,29,31,34)/t20-,21-,22+/m0/s1. The van der Waals surface area contributed by atoms with Crippen LogP contribution in [0.15, 0.2) is 77.0 Å². The molecule has 37 heavy (non-hydrogen) atoms. The van der Waals surface area contributed by atoms with Gasteiger partial charge in [-0.3, -0.25) is 14.3 Å². The van der Waals surface area contributed by atoms with Gasteiger partial charge in [0.1, 0.15) is 25.0 Å². The zero-order valence-electron chi connectivity index (χ0n) is 19.4. The van der Waals surface area contributed by atoms with E-state index < -0.39 is 41.6 Å². The molecule has 11 heteroatoms. The zero-order chi connectivity index (χ0) is 26.5. The first-order valence-electron chi connectivity index (χ1n) is 11.2. The Kier molecular flexibility index (Phi) is 8.27. The molecule has 192 valence electrons. The summed E-state index contributed by atoms with van der Waals surface area (Å²) in [6.07, 6.45) is 0.571. The summed E-state index contributed by atoms with van der Waals surface area (Å²) in [5.41, 5.74) is -0.368. The summed E-state index contributed by atoms with van der Waals surface area (Å²) in [4.78, 5) is 52.2. The smallest absolute Gasteiger partial charge is 0.338 e. The summed E-state index contributed by atoms with van der Waals surface area (Å²) < 4.78 is 18.3. The molecule has 1 fully saturated rings. The summed E-state index contributed by atoms with van der Waals surface area (Å²) in [6, 6.07) is 12.3. The van der Waals surface area contributed by atoms with Crippen LogP contribution >= 0.6 is 23.2 Å². The van der Waals surface area contributed by atoms with Crippen LogP contribution in [0.1, 0.15) is 38.9 Å². The van der Waals surface area contributed by atoms with E-state index in [1.807, 2.05) is 0 Å². The molecule has 1 aliphatic heterocycles. The predicted octanol–water partition coefficient (Wildman–Crippen LogP) is 3.94. The first-order chi connectivity index (χ1) is 17.7. The second-order valence-corrected chi connectivity index (χ2v) is 9.11. The lowest BCUT2D eigenvalue weighted by atomic mass is 10.1. The lowest BCUT2D eigenvalue weighted by Crippen LogP contribution is -2.34. The Hall–Kier alpha value is -3.66. The van der Waals surface area contributed by atoms with E-state index in [0.29, 0.717) is 15.6 Å². The average molecular weight is 545 g/mol. The van der Waals surface area contributed by atoms with E-state index in [4.69, 9.17) is 37.4 Å². The van der Waals surface area contributed by atoms with Crippen molar-refractivity contribution in [2.45, 2.75) is 31.3 Å². The van der Waals surface area contributed by atoms with Gasteiger partial charge in [-0.1, -0.05) is 29.3 Å². The highest BCUT2D eigenvalue weighted by molar-refractivity contribution is 6.31.